The molecule has 1 N–H and O–H groups in total. The molecule has 1 aliphatic rings. The van der Waals surface area contributed by atoms with Crippen LogP contribution in [0.25, 0.3) is 0 Å². The maximum atomic E-state index is 8.80. The lowest BCUT2D eigenvalue weighted by Gasteiger charge is -2.25. The Bertz CT molecular complexity index is 670. The maximum absolute atomic E-state index is 8.80. The van der Waals surface area contributed by atoms with Gasteiger partial charge in [0.15, 0.2) is 0 Å². The minimum atomic E-state index is 0.578. The second-order valence-electron chi connectivity index (χ2n) is 5.86. The third-order valence-electron chi connectivity index (χ3n) is 4.29. The highest BCUT2D eigenvalue weighted by atomic mass is 15.2. The molecule has 0 radical (unpaired) electrons. The number of hydrogen-bond donors (Lipinski definition) is 1. The first kappa shape index (κ1) is 14.6. The molecule has 3 nitrogen and oxygen atoms in total. The molecule has 0 bridgehead atoms. The zero-order valence-electron chi connectivity index (χ0n) is 12.9. The second kappa shape index (κ2) is 6.64. The highest BCUT2D eigenvalue weighted by molar-refractivity contribution is 5.59. The van der Waals surface area contributed by atoms with Gasteiger partial charge in [0.25, 0.3) is 0 Å². The van der Waals surface area contributed by atoms with Crippen molar-refractivity contribution in [3.63, 3.8) is 0 Å². The summed E-state index contributed by atoms with van der Waals surface area (Å²) < 4.78 is 0. The lowest BCUT2D eigenvalue weighted by Crippen LogP contribution is -2.35. The quantitative estimate of drug-likeness (QED) is 0.860. The molecule has 0 fully saturated rings. The van der Waals surface area contributed by atoms with Crippen LogP contribution < -0.4 is 10.2 Å². The van der Waals surface area contributed by atoms with Gasteiger partial charge in [0.05, 0.1) is 11.6 Å². The molecule has 2 aromatic rings. The Morgan fingerprint density at radius 3 is 2.73 bits per heavy atom. The molecule has 0 amide bonds. The van der Waals surface area contributed by atoms with Gasteiger partial charge in [-0.15, -0.1) is 0 Å². The molecule has 112 valence electrons. The molecular weight excluding hydrogens is 270 g/mol. The summed E-state index contributed by atoms with van der Waals surface area (Å²) in [4.78, 5) is 2.49. The van der Waals surface area contributed by atoms with Crippen molar-refractivity contribution in [1.82, 2.24) is 5.32 Å². The Hall–Kier alpha value is -2.31. The van der Waals surface area contributed by atoms with Crippen LogP contribution in [0.2, 0.25) is 0 Å². The first-order valence-electron chi connectivity index (χ1n) is 7.82. The van der Waals surface area contributed by atoms with Gasteiger partial charge in [-0.25, -0.2) is 0 Å². The standard InChI is InChI=1S/C19H21N3/c1-15-12-18-4-2-3-5-19(18)22(15)11-10-21-14-17-8-6-16(13-20)7-9-17/h2-9,15,21H,10-12,14H2,1H3. The Labute approximate surface area is 132 Å². The predicted octanol–water partition coefficient (Wildman–Crippen LogP) is 3.10. The molecule has 2 aromatic carbocycles. The molecule has 0 spiro atoms. The number of nitrogens with one attached hydrogen (secondary N) is 1. The molecule has 3 heteroatoms. The molecule has 22 heavy (non-hydrogen) atoms. The fourth-order valence-electron chi connectivity index (χ4n) is 3.10. The third kappa shape index (κ3) is 3.13. The van der Waals surface area contributed by atoms with Crippen molar-refractivity contribution in [2.45, 2.75) is 25.9 Å². The second-order valence-corrected chi connectivity index (χ2v) is 5.86. The van der Waals surface area contributed by atoms with Gasteiger partial charge in [0.2, 0.25) is 0 Å². The van der Waals surface area contributed by atoms with E-state index in [0.717, 1.165) is 26.1 Å². The Morgan fingerprint density at radius 2 is 1.95 bits per heavy atom. The van der Waals surface area contributed by atoms with Crippen LogP contribution in [0.4, 0.5) is 5.69 Å². The normalized spacial score (nSPS) is 16.4. The van der Waals surface area contributed by atoms with E-state index in [4.69, 9.17) is 5.26 Å². The van der Waals surface area contributed by atoms with E-state index in [0.29, 0.717) is 11.6 Å². The number of nitrogens with zero attached hydrogens (tertiary/aromatic N) is 2. The van der Waals surface area contributed by atoms with Crippen LogP contribution in [0.15, 0.2) is 48.5 Å². The van der Waals surface area contributed by atoms with E-state index < -0.39 is 0 Å². The molecule has 0 saturated carbocycles. The van der Waals surface area contributed by atoms with Crippen molar-refractivity contribution < 1.29 is 0 Å². The van der Waals surface area contributed by atoms with Crippen LogP contribution in [0.3, 0.4) is 0 Å². The minimum absolute atomic E-state index is 0.578. The van der Waals surface area contributed by atoms with Crippen molar-refractivity contribution in [1.29, 1.82) is 5.26 Å². The molecule has 0 aromatic heterocycles. The van der Waals surface area contributed by atoms with Gasteiger partial charge in [-0.1, -0.05) is 30.3 Å². The maximum Gasteiger partial charge on any atom is 0.0991 e. The predicted molar refractivity (Wildman–Crippen MR) is 89.8 cm³/mol. The Balaban J connectivity index is 1.50. The van der Waals surface area contributed by atoms with Crippen LogP contribution in [0.1, 0.15) is 23.6 Å². The summed E-state index contributed by atoms with van der Waals surface area (Å²) in [6.07, 6.45) is 1.14. The molecule has 0 aliphatic carbocycles. The van der Waals surface area contributed by atoms with Crippen molar-refractivity contribution in [2.75, 3.05) is 18.0 Å². The van der Waals surface area contributed by atoms with E-state index >= 15 is 0 Å². The van der Waals surface area contributed by atoms with E-state index in [1.54, 1.807) is 0 Å². The first-order chi connectivity index (χ1) is 10.8. The number of fused-ring (bicyclic) bond motifs is 1. The summed E-state index contributed by atoms with van der Waals surface area (Å²) in [6, 6.07) is 19.2. The van der Waals surface area contributed by atoms with Crippen LogP contribution in [-0.4, -0.2) is 19.1 Å². The molecule has 1 heterocycles. The zero-order chi connectivity index (χ0) is 15.4. The average molecular weight is 291 g/mol. The monoisotopic (exact) mass is 291 g/mol. The van der Waals surface area contributed by atoms with Gasteiger partial charge < -0.3 is 10.2 Å². The summed E-state index contributed by atoms with van der Waals surface area (Å²) in [5.74, 6) is 0. The highest BCUT2D eigenvalue weighted by Gasteiger charge is 2.24. The van der Waals surface area contributed by atoms with E-state index in [2.05, 4.69) is 47.5 Å². The molecule has 1 unspecified atom stereocenters. The molecule has 3 rings (SSSR count). The smallest absolute Gasteiger partial charge is 0.0991 e. The lowest BCUT2D eigenvalue weighted by molar-refractivity contribution is 0.618. The molecular formula is C19H21N3. The fourth-order valence-corrected chi connectivity index (χ4v) is 3.10. The van der Waals surface area contributed by atoms with Crippen LogP contribution in [-0.2, 0) is 13.0 Å². The Morgan fingerprint density at radius 1 is 1.18 bits per heavy atom. The molecule has 1 atom stereocenters. The number of nitriles is 1. The summed E-state index contributed by atoms with van der Waals surface area (Å²) in [7, 11) is 0. The van der Waals surface area contributed by atoms with Gasteiger partial charge in [0.1, 0.15) is 0 Å². The van der Waals surface area contributed by atoms with Gasteiger partial charge in [0, 0.05) is 31.4 Å². The van der Waals surface area contributed by atoms with Gasteiger partial charge in [-0.2, -0.15) is 5.26 Å². The van der Waals surface area contributed by atoms with Gasteiger partial charge >= 0.3 is 0 Å². The number of benzene rings is 2. The SMILES string of the molecule is CC1Cc2ccccc2N1CCNCc1ccc(C#N)cc1. The van der Waals surface area contributed by atoms with E-state index in [1.807, 2.05) is 24.3 Å². The van der Waals surface area contributed by atoms with Crippen molar-refractivity contribution in [2.24, 2.45) is 0 Å². The van der Waals surface area contributed by atoms with E-state index in [-0.39, 0.29) is 0 Å². The van der Waals surface area contributed by atoms with Crippen LogP contribution >= 0.6 is 0 Å². The number of anilines is 1. The van der Waals surface area contributed by atoms with Crippen molar-refractivity contribution in [3.05, 3.63) is 65.2 Å². The zero-order valence-corrected chi connectivity index (χ0v) is 12.9. The average Bonchev–Trinajstić information content (AvgIpc) is 2.88. The highest BCUT2D eigenvalue weighted by Crippen LogP contribution is 2.31. The van der Waals surface area contributed by atoms with Crippen LogP contribution in [0.5, 0.6) is 0 Å². The molecule has 1 aliphatic heterocycles. The van der Waals surface area contributed by atoms with Crippen molar-refractivity contribution in [3.8, 4) is 6.07 Å². The van der Waals surface area contributed by atoms with Crippen LogP contribution in [0, 0.1) is 11.3 Å². The minimum Gasteiger partial charge on any atom is -0.367 e. The third-order valence-corrected chi connectivity index (χ3v) is 4.29. The van der Waals surface area contributed by atoms with Crippen molar-refractivity contribution >= 4 is 5.69 Å². The number of rotatable bonds is 5. The van der Waals surface area contributed by atoms with E-state index in [9.17, 15) is 0 Å². The number of para-hydroxylation sites is 1. The van der Waals surface area contributed by atoms with Gasteiger partial charge in [-0.3, -0.25) is 0 Å². The number of hydrogen-bond acceptors (Lipinski definition) is 3. The largest absolute Gasteiger partial charge is 0.367 e. The molecule has 0 saturated heterocycles. The summed E-state index contributed by atoms with van der Waals surface area (Å²) in [6.45, 7) is 5.11. The first-order valence-corrected chi connectivity index (χ1v) is 7.82. The lowest BCUT2D eigenvalue weighted by atomic mass is 10.1. The van der Waals surface area contributed by atoms with Gasteiger partial charge in [-0.05, 0) is 42.7 Å². The summed E-state index contributed by atoms with van der Waals surface area (Å²) in [5, 5.41) is 12.3. The van der Waals surface area contributed by atoms with E-state index in [1.165, 1.54) is 16.8 Å². The fraction of sp³-hybridized carbons (Fsp3) is 0.316. The summed E-state index contributed by atoms with van der Waals surface area (Å²) >= 11 is 0. The topological polar surface area (TPSA) is 39.1 Å². The Kier molecular flexibility index (Phi) is 4.41. The summed E-state index contributed by atoms with van der Waals surface area (Å²) in [5.41, 5.74) is 4.78.